The van der Waals surface area contributed by atoms with E-state index in [1.54, 1.807) is 0 Å². The number of carboxylic acid groups (broad SMARTS) is 1. The number of hydrogen-bond acceptors (Lipinski definition) is 3. The molecule has 1 aromatic rings. The molecule has 0 unspecified atom stereocenters. The van der Waals surface area contributed by atoms with Crippen molar-refractivity contribution in [1.29, 1.82) is 0 Å². The second-order valence-electron chi connectivity index (χ2n) is 10.5. The van der Waals surface area contributed by atoms with Gasteiger partial charge in [-0.2, -0.15) is 0 Å². The van der Waals surface area contributed by atoms with Crippen LogP contribution in [0.1, 0.15) is 163 Å². The van der Waals surface area contributed by atoms with Crippen LogP contribution in [0.3, 0.4) is 0 Å². The molecule has 0 bridgehead atoms. The average molecular weight is 491 g/mol. The quantitative estimate of drug-likeness (QED) is 0.133. The lowest BCUT2D eigenvalue weighted by atomic mass is 9.96. The largest absolute Gasteiger partial charge is 0.508 e. The van der Waals surface area contributed by atoms with E-state index in [0.717, 1.165) is 19.3 Å². The molecular formula is C31H54O4. The van der Waals surface area contributed by atoms with Crippen LogP contribution in [0.2, 0.25) is 0 Å². The molecule has 0 amide bonds. The van der Waals surface area contributed by atoms with E-state index in [1.807, 2.05) is 0 Å². The predicted molar refractivity (Wildman–Crippen MR) is 148 cm³/mol. The van der Waals surface area contributed by atoms with Crippen molar-refractivity contribution in [3.63, 3.8) is 0 Å². The number of hydrogen-bond donors (Lipinski definition) is 3. The molecule has 35 heavy (non-hydrogen) atoms. The van der Waals surface area contributed by atoms with E-state index in [4.69, 9.17) is 0 Å². The van der Waals surface area contributed by atoms with Crippen molar-refractivity contribution < 1.29 is 20.1 Å². The summed E-state index contributed by atoms with van der Waals surface area (Å²) >= 11 is 0. The van der Waals surface area contributed by atoms with Crippen LogP contribution in [0, 0.1) is 6.92 Å². The number of benzene rings is 1. The third-order valence-corrected chi connectivity index (χ3v) is 7.37. The zero-order valence-corrected chi connectivity index (χ0v) is 22.9. The summed E-state index contributed by atoms with van der Waals surface area (Å²) < 4.78 is 0. The molecule has 4 heteroatoms. The third-order valence-electron chi connectivity index (χ3n) is 7.37. The number of unbranched alkanes of at least 4 members (excludes halogenated alkanes) is 20. The Morgan fingerprint density at radius 3 is 1.31 bits per heavy atom. The van der Waals surface area contributed by atoms with Crippen LogP contribution >= 0.6 is 0 Å². The third kappa shape index (κ3) is 14.4. The van der Waals surface area contributed by atoms with Crippen molar-refractivity contribution in [2.75, 3.05) is 0 Å². The molecule has 4 nitrogen and oxygen atoms in total. The number of phenolic OH excluding ortho intramolecular Hbond substituents is 1. The minimum Gasteiger partial charge on any atom is -0.508 e. The van der Waals surface area contributed by atoms with Crippen molar-refractivity contribution in [2.45, 2.75) is 155 Å². The normalized spacial score (nSPS) is 11.3. The standard InChI is InChI=1S/C31H54O4/c1-3-4-5-6-7-8-9-10-11-12-13-14-15-16-17-18-19-20-21-22-23-24-27-25-28(32)26(2)30(33)29(27)31(34)35/h25,32-33H,3-24H2,1-2H3,(H,34,35). The Balaban J connectivity index is 1.90. The molecule has 3 N–H and O–H groups in total. The van der Waals surface area contributed by atoms with E-state index in [-0.39, 0.29) is 22.6 Å². The Labute approximate surface area is 215 Å². The first-order valence-electron chi connectivity index (χ1n) is 14.8. The molecule has 0 radical (unpaired) electrons. The maximum absolute atomic E-state index is 11.5. The van der Waals surface area contributed by atoms with Gasteiger partial charge in [-0.3, -0.25) is 0 Å². The Morgan fingerprint density at radius 2 is 0.971 bits per heavy atom. The van der Waals surface area contributed by atoms with E-state index >= 15 is 0 Å². The Bertz CT molecular complexity index is 683. The second-order valence-corrected chi connectivity index (χ2v) is 10.5. The van der Waals surface area contributed by atoms with Gasteiger partial charge in [-0.15, -0.1) is 0 Å². The van der Waals surface area contributed by atoms with E-state index in [1.165, 1.54) is 129 Å². The number of phenols is 2. The van der Waals surface area contributed by atoms with Crippen molar-refractivity contribution in [3.05, 3.63) is 22.8 Å². The van der Waals surface area contributed by atoms with E-state index in [0.29, 0.717) is 12.0 Å². The molecule has 1 rings (SSSR count). The monoisotopic (exact) mass is 490 g/mol. The zero-order chi connectivity index (χ0) is 25.7. The van der Waals surface area contributed by atoms with Crippen LogP contribution in [0.4, 0.5) is 0 Å². The maximum atomic E-state index is 11.5. The molecule has 0 aliphatic carbocycles. The van der Waals surface area contributed by atoms with Crippen LogP contribution in [0.25, 0.3) is 0 Å². The van der Waals surface area contributed by atoms with Crippen LogP contribution < -0.4 is 0 Å². The number of carboxylic acids is 1. The lowest BCUT2D eigenvalue weighted by molar-refractivity contribution is 0.0692. The molecule has 0 saturated heterocycles. The van der Waals surface area contributed by atoms with E-state index < -0.39 is 5.97 Å². The topological polar surface area (TPSA) is 77.8 Å². The van der Waals surface area contributed by atoms with Gasteiger partial charge in [-0.25, -0.2) is 4.79 Å². The van der Waals surface area contributed by atoms with Gasteiger partial charge in [0.05, 0.1) is 0 Å². The highest BCUT2D eigenvalue weighted by Crippen LogP contribution is 2.33. The molecule has 0 aliphatic heterocycles. The van der Waals surface area contributed by atoms with Gasteiger partial charge in [0.15, 0.2) is 0 Å². The van der Waals surface area contributed by atoms with Gasteiger partial charge >= 0.3 is 5.97 Å². The smallest absolute Gasteiger partial charge is 0.339 e. The summed E-state index contributed by atoms with van der Waals surface area (Å²) in [6, 6.07) is 1.50. The first-order valence-corrected chi connectivity index (χ1v) is 14.8. The van der Waals surface area contributed by atoms with Crippen molar-refractivity contribution in [2.24, 2.45) is 0 Å². The first-order chi connectivity index (χ1) is 17.0. The molecule has 0 fully saturated rings. The van der Waals surface area contributed by atoms with Gasteiger partial charge in [0.25, 0.3) is 0 Å². The number of aryl methyl sites for hydroxylation is 1. The van der Waals surface area contributed by atoms with Gasteiger partial charge in [0.2, 0.25) is 0 Å². The summed E-state index contributed by atoms with van der Waals surface area (Å²) in [5.74, 6) is -1.48. The summed E-state index contributed by atoms with van der Waals surface area (Å²) in [6.07, 6.45) is 28.6. The van der Waals surface area contributed by atoms with Gasteiger partial charge in [-0.1, -0.05) is 135 Å². The number of aromatic carboxylic acids is 1. The van der Waals surface area contributed by atoms with Crippen LogP contribution in [0.5, 0.6) is 11.5 Å². The summed E-state index contributed by atoms with van der Waals surface area (Å²) in [5.41, 5.74) is 0.689. The van der Waals surface area contributed by atoms with Crippen LogP contribution in [-0.4, -0.2) is 21.3 Å². The number of aromatic hydroxyl groups is 2. The molecular weight excluding hydrogens is 436 g/mol. The summed E-state index contributed by atoms with van der Waals surface area (Å²) in [7, 11) is 0. The lowest BCUT2D eigenvalue weighted by Gasteiger charge is -2.12. The zero-order valence-electron chi connectivity index (χ0n) is 22.9. The van der Waals surface area contributed by atoms with Crippen molar-refractivity contribution >= 4 is 5.97 Å². The highest BCUT2D eigenvalue weighted by atomic mass is 16.4. The average Bonchev–Trinajstić information content (AvgIpc) is 2.83. The summed E-state index contributed by atoms with van der Waals surface area (Å²) in [4.78, 5) is 11.5. The Kier molecular flexibility index (Phi) is 18.3. The molecule has 1 aromatic carbocycles. The number of carbonyl (C=O) groups is 1. The fourth-order valence-electron chi connectivity index (χ4n) is 4.99. The number of rotatable bonds is 23. The first kappa shape index (κ1) is 31.3. The molecule has 0 aromatic heterocycles. The molecule has 202 valence electrons. The van der Waals surface area contributed by atoms with Gasteiger partial charge in [0, 0.05) is 5.56 Å². The fourth-order valence-corrected chi connectivity index (χ4v) is 4.99. The molecule has 0 heterocycles. The minimum atomic E-state index is -1.14. The van der Waals surface area contributed by atoms with E-state index in [9.17, 15) is 20.1 Å². The van der Waals surface area contributed by atoms with Crippen LogP contribution in [-0.2, 0) is 6.42 Å². The Hall–Kier alpha value is -1.71. The highest BCUT2D eigenvalue weighted by Gasteiger charge is 2.19. The van der Waals surface area contributed by atoms with Gasteiger partial charge < -0.3 is 15.3 Å². The van der Waals surface area contributed by atoms with E-state index in [2.05, 4.69) is 6.92 Å². The Morgan fingerprint density at radius 1 is 0.629 bits per heavy atom. The molecule has 0 saturated carbocycles. The lowest BCUT2D eigenvalue weighted by Crippen LogP contribution is -2.04. The summed E-state index contributed by atoms with van der Waals surface area (Å²) in [5, 5.41) is 29.4. The predicted octanol–water partition coefficient (Wildman–Crippen LogP) is 9.86. The highest BCUT2D eigenvalue weighted by molar-refractivity contribution is 5.93. The van der Waals surface area contributed by atoms with Crippen LogP contribution in [0.15, 0.2) is 6.07 Å². The van der Waals surface area contributed by atoms with Crippen molar-refractivity contribution in [3.8, 4) is 11.5 Å². The fraction of sp³-hybridized carbons (Fsp3) is 0.774. The maximum Gasteiger partial charge on any atom is 0.339 e. The van der Waals surface area contributed by atoms with Gasteiger partial charge in [-0.05, 0) is 31.4 Å². The molecule has 0 aliphatic rings. The SMILES string of the molecule is CCCCCCCCCCCCCCCCCCCCCCCc1cc(O)c(C)c(O)c1C(=O)O. The molecule has 0 spiro atoms. The summed E-state index contributed by atoms with van der Waals surface area (Å²) in [6.45, 7) is 3.81. The van der Waals surface area contributed by atoms with Gasteiger partial charge in [0.1, 0.15) is 17.1 Å². The second kappa shape index (κ2) is 20.5. The molecule has 0 atom stereocenters. The van der Waals surface area contributed by atoms with Crippen molar-refractivity contribution in [1.82, 2.24) is 0 Å². The minimum absolute atomic E-state index is 0.0361.